The standard InChI is InChI=1S/C17H19N5OS/c23-17-14-3-4-15(20-16(14)18-12-19-17)22-9-7-21(8-10-22)6-5-13-2-1-11-24-13/h1-4,11-12H,5-10H2,(H,18,19,20,23). The number of anilines is 1. The molecule has 4 rings (SSSR count). The number of piperazine rings is 1. The van der Waals surface area contributed by atoms with E-state index in [2.05, 4.69) is 42.3 Å². The SMILES string of the molecule is O=c1[nH]cnc2nc(N3CCN(CCc4cccs4)CC3)ccc12. The molecule has 3 aromatic rings. The Balaban J connectivity index is 1.39. The van der Waals surface area contributed by atoms with Crippen LogP contribution in [0.15, 0.2) is 40.8 Å². The third kappa shape index (κ3) is 3.18. The van der Waals surface area contributed by atoms with E-state index < -0.39 is 0 Å². The molecule has 0 radical (unpaired) electrons. The molecule has 124 valence electrons. The summed E-state index contributed by atoms with van der Waals surface area (Å²) in [5.41, 5.74) is 0.369. The molecule has 4 heterocycles. The van der Waals surface area contributed by atoms with Crippen molar-refractivity contribution >= 4 is 28.2 Å². The van der Waals surface area contributed by atoms with Crippen molar-refractivity contribution in [1.29, 1.82) is 0 Å². The lowest BCUT2D eigenvalue weighted by Crippen LogP contribution is -2.47. The highest BCUT2D eigenvalue weighted by molar-refractivity contribution is 7.09. The van der Waals surface area contributed by atoms with E-state index in [0.29, 0.717) is 11.0 Å². The molecule has 1 aliphatic heterocycles. The van der Waals surface area contributed by atoms with Crippen molar-refractivity contribution in [2.45, 2.75) is 6.42 Å². The minimum Gasteiger partial charge on any atom is -0.354 e. The van der Waals surface area contributed by atoms with Crippen LogP contribution in [-0.4, -0.2) is 52.6 Å². The molecule has 1 aliphatic rings. The summed E-state index contributed by atoms with van der Waals surface area (Å²) in [6, 6.07) is 8.05. The van der Waals surface area contributed by atoms with E-state index in [1.165, 1.54) is 11.2 Å². The predicted octanol–water partition coefficient (Wildman–Crippen LogP) is 1.74. The number of nitrogens with one attached hydrogen (secondary N) is 1. The lowest BCUT2D eigenvalue weighted by atomic mass is 10.2. The highest BCUT2D eigenvalue weighted by atomic mass is 32.1. The van der Waals surface area contributed by atoms with Crippen LogP contribution in [0.2, 0.25) is 0 Å². The van der Waals surface area contributed by atoms with Gasteiger partial charge in [-0.25, -0.2) is 9.97 Å². The Bertz CT molecular complexity index is 868. The van der Waals surface area contributed by atoms with Gasteiger partial charge in [-0.3, -0.25) is 9.69 Å². The molecule has 6 nitrogen and oxygen atoms in total. The maximum Gasteiger partial charge on any atom is 0.260 e. The number of aromatic nitrogens is 3. The molecule has 0 unspecified atom stereocenters. The molecule has 0 amide bonds. The van der Waals surface area contributed by atoms with Gasteiger partial charge in [0.2, 0.25) is 0 Å². The van der Waals surface area contributed by atoms with Crippen LogP contribution in [0, 0.1) is 0 Å². The summed E-state index contributed by atoms with van der Waals surface area (Å²) in [5, 5.41) is 2.67. The zero-order chi connectivity index (χ0) is 16.4. The van der Waals surface area contributed by atoms with Gasteiger partial charge in [0.25, 0.3) is 5.56 Å². The number of hydrogen-bond donors (Lipinski definition) is 1. The minimum atomic E-state index is -0.141. The monoisotopic (exact) mass is 341 g/mol. The molecule has 7 heteroatoms. The quantitative estimate of drug-likeness (QED) is 0.783. The molecule has 3 aromatic heterocycles. The van der Waals surface area contributed by atoms with Crippen molar-refractivity contribution in [3.63, 3.8) is 0 Å². The predicted molar refractivity (Wildman–Crippen MR) is 96.8 cm³/mol. The molecule has 0 saturated carbocycles. The summed E-state index contributed by atoms with van der Waals surface area (Å²) in [5.74, 6) is 0.901. The van der Waals surface area contributed by atoms with Crippen LogP contribution >= 0.6 is 11.3 Å². The second-order valence-corrected chi connectivity index (χ2v) is 6.96. The van der Waals surface area contributed by atoms with Crippen molar-refractivity contribution in [1.82, 2.24) is 19.9 Å². The number of aromatic amines is 1. The molecule has 0 aliphatic carbocycles. The first-order valence-electron chi connectivity index (χ1n) is 8.14. The number of H-pyrrole nitrogens is 1. The Hall–Kier alpha value is -2.25. The zero-order valence-electron chi connectivity index (χ0n) is 13.3. The second kappa shape index (κ2) is 6.70. The largest absolute Gasteiger partial charge is 0.354 e. The van der Waals surface area contributed by atoms with Gasteiger partial charge in [-0.05, 0) is 30.0 Å². The van der Waals surface area contributed by atoms with Gasteiger partial charge in [0.15, 0.2) is 5.65 Å². The first-order valence-corrected chi connectivity index (χ1v) is 9.02. The number of nitrogens with zero attached hydrogens (tertiary/aromatic N) is 4. The Morgan fingerprint density at radius 1 is 1.17 bits per heavy atom. The van der Waals surface area contributed by atoms with Gasteiger partial charge < -0.3 is 9.88 Å². The van der Waals surface area contributed by atoms with Crippen LogP contribution < -0.4 is 10.5 Å². The van der Waals surface area contributed by atoms with Crippen molar-refractivity contribution in [3.8, 4) is 0 Å². The lowest BCUT2D eigenvalue weighted by Gasteiger charge is -2.35. The molecule has 0 spiro atoms. The minimum absolute atomic E-state index is 0.141. The Morgan fingerprint density at radius 3 is 2.83 bits per heavy atom. The fourth-order valence-electron chi connectivity index (χ4n) is 3.04. The number of hydrogen-bond acceptors (Lipinski definition) is 6. The Labute approximate surface area is 143 Å². The van der Waals surface area contributed by atoms with Gasteiger partial charge in [0.05, 0.1) is 11.7 Å². The summed E-state index contributed by atoms with van der Waals surface area (Å²) < 4.78 is 0. The Morgan fingerprint density at radius 2 is 2.04 bits per heavy atom. The molecule has 1 N–H and O–H groups in total. The van der Waals surface area contributed by atoms with E-state index in [4.69, 9.17) is 0 Å². The third-order valence-corrected chi connectivity index (χ3v) is 5.37. The van der Waals surface area contributed by atoms with Crippen LogP contribution in [0.1, 0.15) is 4.88 Å². The Kier molecular flexibility index (Phi) is 4.27. The van der Waals surface area contributed by atoms with E-state index in [1.807, 2.05) is 23.5 Å². The molecule has 0 bridgehead atoms. The van der Waals surface area contributed by atoms with Crippen molar-refractivity contribution in [2.75, 3.05) is 37.6 Å². The van der Waals surface area contributed by atoms with E-state index >= 15 is 0 Å². The first kappa shape index (κ1) is 15.3. The topological polar surface area (TPSA) is 65.1 Å². The summed E-state index contributed by atoms with van der Waals surface area (Å²) >= 11 is 1.83. The number of rotatable bonds is 4. The second-order valence-electron chi connectivity index (χ2n) is 5.93. The molecule has 0 atom stereocenters. The maximum atomic E-state index is 11.7. The van der Waals surface area contributed by atoms with Gasteiger partial charge in [0, 0.05) is 37.6 Å². The first-order chi connectivity index (χ1) is 11.8. The molecule has 24 heavy (non-hydrogen) atoms. The van der Waals surface area contributed by atoms with Gasteiger partial charge in [-0.1, -0.05) is 6.07 Å². The van der Waals surface area contributed by atoms with E-state index in [0.717, 1.165) is 45.0 Å². The van der Waals surface area contributed by atoms with Crippen LogP contribution in [0.4, 0.5) is 5.82 Å². The fourth-order valence-corrected chi connectivity index (χ4v) is 3.74. The van der Waals surface area contributed by atoms with Crippen LogP contribution in [0.5, 0.6) is 0 Å². The van der Waals surface area contributed by atoms with Gasteiger partial charge >= 0.3 is 0 Å². The summed E-state index contributed by atoms with van der Waals surface area (Å²) in [7, 11) is 0. The highest BCUT2D eigenvalue weighted by Gasteiger charge is 2.18. The lowest BCUT2D eigenvalue weighted by molar-refractivity contribution is 0.261. The van der Waals surface area contributed by atoms with Gasteiger partial charge in [-0.2, -0.15) is 0 Å². The van der Waals surface area contributed by atoms with Crippen LogP contribution in [0.3, 0.4) is 0 Å². The number of thiophene rings is 1. The highest BCUT2D eigenvalue weighted by Crippen LogP contribution is 2.17. The van der Waals surface area contributed by atoms with E-state index in [9.17, 15) is 4.79 Å². The normalized spacial score (nSPS) is 15.9. The third-order valence-electron chi connectivity index (χ3n) is 4.44. The van der Waals surface area contributed by atoms with Gasteiger partial charge in [0.1, 0.15) is 5.82 Å². The molecule has 1 fully saturated rings. The average molecular weight is 341 g/mol. The fraction of sp³-hybridized carbons (Fsp3) is 0.353. The van der Waals surface area contributed by atoms with Crippen molar-refractivity contribution in [3.05, 3.63) is 51.2 Å². The van der Waals surface area contributed by atoms with Crippen molar-refractivity contribution in [2.24, 2.45) is 0 Å². The summed E-state index contributed by atoms with van der Waals surface area (Å²) in [4.78, 5) is 29.2. The number of pyridine rings is 1. The molecule has 1 saturated heterocycles. The smallest absolute Gasteiger partial charge is 0.260 e. The van der Waals surface area contributed by atoms with Crippen LogP contribution in [0.25, 0.3) is 11.0 Å². The molecule has 0 aromatic carbocycles. The summed E-state index contributed by atoms with van der Waals surface area (Å²) in [6.45, 7) is 5.08. The van der Waals surface area contributed by atoms with E-state index in [1.54, 1.807) is 0 Å². The van der Waals surface area contributed by atoms with Crippen molar-refractivity contribution < 1.29 is 0 Å². The van der Waals surface area contributed by atoms with Gasteiger partial charge in [-0.15, -0.1) is 11.3 Å². The zero-order valence-corrected chi connectivity index (χ0v) is 14.1. The molecular weight excluding hydrogens is 322 g/mol. The average Bonchev–Trinajstić information content (AvgIpc) is 3.14. The van der Waals surface area contributed by atoms with Crippen LogP contribution in [-0.2, 0) is 6.42 Å². The molecular formula is C17H19N5OS. The summed E-state index contributed by atoms with van der Waals surface area (Å²) in [6.07, 6.45) is 2.53. The maximum absolute atomic E-state index is 11.7. The number of fused-ring (bicyclic) bond motifs is 1. The van der Waals surface area contributed by atoms with E-state index in [-0.39, 0.29) is 5.56 Å².